The number of aliphatic hydroxyl groups excluding tert-OH is 1. The smallest absolute Gasteiger partial charge is 0.421 e. The Kier molecular flexibility index (Phi) is 8.05. The summed E-state index contributed by atoms with van der Waals surface area (Å²) in [4.78, 5) is 16.5. The van der Waals surface area contributed by atoms with Crippen LogP contribution in [-0.2, 0) is 27.7 Å². The Morgan fingerprint density at radius 3 is 2.50 bits per heavy atom. The molecule has 0 aliphatic heterocycles. The summed E-state index contributed by atoms with van der Waals surface area (Å²) in [5.74, 6) is -0.887. The first-order valence-electron chi connectivity index (χ1n) is 10.4. The molecule has 0 spiro atoms. The molecule has 34 heavy (non-hydrogen) atoms. The monoisotopic (exact) mass is 513 g/mol. The number of hydrogen-bond donors (Lipinski definition) is 2. The molecule has 3 aromatic rings. The Morgan fingerprint density at radius 2 is 1.94 bits per heavy atom. The van der Waals surface area contributed by atoms with E-state index in [0.29, 0.717) is 17.1 Å². The number of nitrogens with zero attached hydrogens (tertiary/aromatic N) is 2. The normalized spacial score (nSPS) is 11.7. The van der Waals surface area contributed by atoms with Gasteiger partial charge in [0.05, 0.1) is 13.2 Å². The quantitative estimate of drug-likeness (QED) is 0.450. The van der Waals surface area contributed by atoms with E-state index in [-0.39, 0.29) is 40.0 Å². The highest BCUT2D eigenvalue weighted by Crippen LogP contribution is 2.37. The molecular formula is C22H25F2N3O5S2. The number of aliphatic hydroxyl groups is 1. The van der Waals surface area contributed by atoms with Gasteiger partial charge in [-0.05, 0) is 43.0 Å². The largest absolute Gasteiger partial charge is 0.446 e. The van der Waals surface area contributed by atoms with Crippen LogP contribution in [0.4, 0.5) is 13.6 Å². The number of aryl methyl sites for hydroxylation is 1. The first kappa shape index (κ1) is 25.8. The van der Waals surface area contributed by atoms with Crippen LogP contribution in [-0.4, -0.2) is 42.4 Å². The van der Waals surface area contributed by atoms with E-state index in [1.165, 1.54) is 6.20 Å². The second-order valence-corrected chi connectivity index (χ2v) is 11.0. The van der Waals surface area contributed by atoms with E-state index in [1.54, 1.807) is 28.5 Å². The van der Waals surface area contributed by atoms with Crippen LogP contribution in [0.5, 0.6) is 0 Å². The van der Waals surface area contributed by atoms with Crippen molar-refractivity contribution in [1.82, 2.24) is 14.3 Å². The average Bonchev–Trinajstić information content (AvgIpc) is 3.34. The van der Waals surface area contributed by atoms with Gasteiger partial charge >= 0.3 is 6.09 Å². The number of carbonyl (C=O) groups excluding carboxylic acids is 1. The molecule has 184 valence electrons. The summed E-state index contributed by atoms with van der Waals surface area (Å²) in [5, 5.41) is 8.75. The molecule has 12 heteroatoms. The third-order valence-electron chi connectivity index (χ3n) is 4.85. The van der Waals surface area contributed by atoms with Gasteiger partial charge in [-0.1, -0.05) is 13.8 Å². The molecule has 0 unspecified atom stereocenters. The zero-order valence-corrected chi connectivity index (χ0v) is 20.5. The SMILES string of the molecule is Cc1nccn1Cc1c(F)cc(-c2cc(CC(C)C)sc2S(=O)(=O)NC(=O)OCCO)cc1F. The van der Waals surface area contributed by atoms with Gasteiger partial charge < -0.3 is 14.4 Å². The van der Waals surface area contributed by atoms with E-state index in [9.17, 15) is 22.0 Å². The standard InChI is InChI=1S/C22H25F2N3O5S2/c1-13(2)8-16-11-17(21(33-16)34(30,31)26-22(29)32-7-6-28)15-9-19(23)18(20(24)10-15)12-27-5-4-25-14(27)3/h4-5,9-11,13,28H,6-8,12H2,1-3H3,(H,26,29). The zero-order valence-electron chi connectivity index (χ0n) is 18.8. The van der Waals surface area contributed by atoms with E-state index in [1.807, 2.05) is 13.8 Å². The number of thiophene rings is 1. The van der Waals surface area contributed by atoms with Gasteiger partial charge in [-0.3, -0.25) is 0 Å². The Balaban J connectivity index is 2.03. The number of amides is 1. The third kappa shape index (κ3) is 5.99. The van der Waals surface area contributed by atoms with E-state index in [2.05, 4.69) is 9.72 Å². The van der Waals surface area contributed by atoms with Crippen LogP contribution >= 0.6 is 11.3 Å². The van der Waals surface area contributed by atoms with E-state index in [0.717, 1.165) is 23.5 Å². The first-order chi connectivity index (χ1) is 16.0. The molecule has 0 aliphatic rings. The van der Waals surface area contributed by atoms with E-state index in [4.69, 9.17) is 5.11 Å². The number of ether oxygens (including phenoxy) is 1. The molecule has 0 atom stereocenters. The van der Waals surface area contributed by atoms with Gasteiger partial charge in [0.1, 0.15) is 28.3 Å². The van der Waals surface area contributed by atoms with Crippen LogP contribution in [0.2, 0.25) is 0 Å². The van der Waals surface area contributed by atoms with Crippen molar-refractivity contribution < 1.29 is 31.8 Å². The van der Waals surface area contributed by atoms with E-state index < -0.39 is 34.4 Å². The number of rotatable bonds is 9. The van der Waals surface area contributed by atoms with Gasteiger partial charge in [-0.25, -0.2) is 31.7 Å². The molecule has 8 nitrogen and oxygen atoms in total. The number of benzene rings is 1. The Morgan fingerprint density at radius 1 is 1.26 bits per heavy atom. The lowest BCUT2D eigenvalue weighted by Crippen LogP contribution is -2.31. The molecular weight excluding hydrogens is 488 g/mol. The number of aromatic nitrogens is 2. The molecule has 2 aromatic heterocycles. The number of hydrogen-bond acceptors (Lipinski definition) is 7. The predicted molar refractivity (Wildman–Crippen MR) is 123 cm³/mol. The third-order valence-corrected chi connectivity index (χ3v) is 7.85. The number of sulfonamides is 1. The predicted octanol–water partition coefficient (Wildman–Crippen LogP) is 3.85. The maximum absolute atomic E-state index is 15.0. The van der Waals surface area contributed by atoms with Gasteiger partial charge in [0, 0.05) is 28.4 Å². The van der Waals surface area contributed by atoms with Crippen molar-refractivity contribution in [2.24, 2.45) is 5.92 Å². The lowest BCUT2D eigenvalue weighted by atomic mass is 10.0. The summed E-state index contributed by atoms with van der Waals surface area (Å²) in [7, 11) is -4.41. The van der Waals surface area contributed by atoms with Crippen molar-refractivity contribution in [2.45, 2.75) is 37.9 Å². The summed E-state index contributed by atoms with van der Waals surface area (Å²) >= 11 is 0.912. The topological polar surface area (TPSA) is 111 Å². The van der Waals surface area contributed by atoms with Gasteiger partial charge in [0.15, 0.2) is 0 Å². The molecule has 0 radical (unpaired) electrons. The highest BCUT2D eigenvalue weighted by atomic mass is 32.2. The fraction of sp³-hybridized carbons (Fsp3) is 0.364. The van der Waals surface area contributed by atoms with Crippen LogP contribution < -0.4 is 4.72 Å². The zero-order chi connectivity index (χ0) is 25.0. The number of nitrogens with one attached hydrogen (secondary N) is 1. The fourth-order valence-corrected chi connectivity index (χ4v) is 6.14. The highest BCUT2D eigenvalue weighted by molar-refractivity contribution is 7.92. The Bertz CT molecular complexity index is 1260. The van der Waals surface area contributed by atoms with Crippen LogP contribution in [0, 0.1) is 24.5 Å². The number of carbonyl (C=O) groups is 1. The average molecular weight is 514 g/mol. The second-order valence-electron chi connectivity index (χ2n) is 8.00. The van der Waals surface area contributed by atoms with Gasteiger partial charge in [-0.15, -0.1) is 11.3 Å². The minimum atomic E-state index is -4.41. The Hall–Kier alpha value is -2.83. The maximum atomic E-state index is 15.0. The van der Waals surface area contributed by atoms with Crippen molar-refractivity contribution in [2.75, 3.05) is 13.2 Å². The molecule has 2 N–H and O–H groups in total. The number of halogens is 2. The summed E-state index contributed by atoms with van der Waals surface area (Å²) in [6.07, 6.45) is 2.40. The van der Waals surface area contributed by atoms with Crippen LogP contribution in [0.1, 0.15) is 30.1 Å². The second kappa shape index (κ2) is 10.6. The molecule has 0 saturated carbocycles. The fourth-order valence-electron chi connectivity index (χ4n) is 3.30. The lowest BCUT2D eigenvalue weighted by Gasteiger charge is -2.11. The molecule has 0 bridgehead atoms. The van der Waals surface area contributed by atoms with Crippen molar-refractivity contribution in [3.63, 3.8) is 0 Å². The van der Waals surface area contributed by atoms with Gasteiger partial charge in [-0.2, -0.15) is 0 Å². The minimum Gasteiger partial charge on any atom is -0.446 e. The first-order valence-corrected chi connectivity index (χ1v) is 12.7. The molecule has 0 aliphatic carbocycles. The summed E-state index contributed by atoms with van der Waals surface area (Å²) < 4.78 is 63.5. The van der Waals surface area contributed by atoms with Crippen LogP contribution in [0.25, 0.3) is 11.1 Å². The van der Waals surface area contributed by atoms with Crippen molar-refractivity contribution in [1.29, 1.82) is 0 Å². The Labute approximate surface area is 200 Å². The molecule has 3 rings (SSSR count). The van der Waals surface area contributed by atoms with E-state index >= 15 is 0 Å². The summed E-state index contributed by atoms with van der Waals surface area (Å²) in [6.45, 7) is 4.68. The van der Waals surface area contributed by atoms with Gasteiger partial charge in [0.2, 0.25) is 0 Å². The maximum Gasteiger partial charge on any atom is 0.421 e. The summed E-state index contributed by atoms with van der Waals surface area (Å²) in [6, 6.07) is 3.72. The minimum absolute atomic E-state index is 0.0245. The van der Waals surface area contributed by atoms with Crippen molar-refractivity contribution >= 4 is 27.5 Å². The highest BCUT2D eigenvalue weighted by Gasteiger charge is 2.27. The molecule has 1 amide bonds. The molecule has 0 fully saturated rings. The van der Waals surface area contributed by atoms with Gasteiger partial charge in [0.25, 0.3) is 10.0 Å². The summed E-state index contributed by atoms with van der Waals surface area (Å²) in [5.41, 5.74) is -0.0830. The molecule has 2 heterocycles. The molecule has 1 aromatic carbocycles. The van der Waals surface area contributed by atoms with Crippen molar-refractivity contribution in [3.8, 4) is 11.1 Å². The lowest BCUT2D eigenvalue weighted by molar-refractivity contribution is 0.124. The molecule has 0 saturated heterocycles. The van der Waals surface area contributed by atoms with Crippen LogP contribution in [0.15, 0.2) is 34.8 Å². The van der Waals surface area contributed by atoms with Crippen LogP contribution in [0.3, 0.4) is 0 Å². The van der Waals surface area contributed by atoms with Crippen molar-refractivity contribution in [3.05, 3.63) is 58.5 Å². The number of imidazole rings is 1.